The van der Waals surface area contributed by atoms with Crippen molar-refractivity contribution in [3.05, 3.63) is 97.8 Å². The third-order valence-corrected chi connectivity index (χ3v) is 7.74. The molecule has 6 nitrogen and oxygen atoms in total. The van der Waals surface area contributed by atoms with E-state index in [0.717, 1.165) is 30.4 Å². The number of ketones is 1. The maximum Gasteiger partial charge on any atom is 0.337 e. The number of carbonyl (C=O) groups is 2. The van der Waals surface area contributed by atoms with Gasteiger partial charge in [0, 0.05) is 28.9 Å². The van der Waals surface area contributed by atoms with Gasteiger partial charge in [0.15, 0.2) is 5.78 Å². The van der Waals surface area contributed by atoms with Crippen LogP contribution in [-0.2, 0) is 4.79 Å². The van der Waals surface area contributed by atoms with Crippen LogP contribution in [0.25, 0.3) is 5.70 Å². The molecule has 2 fully saturated rings. The van der Waals surface area contributed by atoms with Crippen molar-refractivity contribution in [1.82, 2.24) is 4.98 Å². The first kappa shape index (κ1) is 25.6. The molecule has 0 radical (unpaired) electrons. The molecule has 0 saturated heterocycles. The molecule has 0 aliphatic heterocycles. The summed E-state index contributed by atoms with van der Waals surface area (Å²) in [4.78, 5) is 28.4. The highest BCUT2D eigenvalue weighted by Crippen LogP contribution is 2.56. The number of benzene rings is 2. The number of pyridine rings is 1. The minimum Gasteiger partial charge on any atom is -0.489 e. The third kappa shape index (κ3) is 5.47. The molecule has 9 heteroatoms. The number of carbonyl (C=O) groups excluding carboxylic acids is 1. The molecule has 5 rings (SSSR count). The van der Waals surface area contributed by atoms with E-state index in [1.807, 2.05) is 6.07 Å². The summed E-state index contributed by atoms with van der Waals surface area (Å²) in [5.74, 6) is -0.310. The van der Waals surface area contributed by atoms with Crippen LogP contribution < -0.4 is 10.5 Å². The topological polar surface area (TPSA) is 103 Å². The van der Waals surface area contributed by atoms with Gasteiger partial charge in [-0.1, -0.05) is 46.9 Å². The van der Waals surface area contributed by atoms with Crippen LogP contribution in [0.3, 0.4) is 0 Å². The summed E-state index contributed by atoms with van der Waals surface area (Å²) >= 11 is 19.3. The molecular formula is C28H23Cl3N2O4. The van der Waals surface area contributed by atoms with Crippen LogP contribution in [0, 0.1) is 5.92 Å². The number of nitrogens with two attached hydrogens (primary N) is 1. The summed E-state index contributed by atoms with van der Waals surface area (Å²) in [5.41, 5.74) is 9.39. The maximum absolute atomic E-state index is 13.0. The molecule has 2 aromatic carbocycles. The van der Waals surface area contributed by atoms with Crippen molar-refractivity contribution < 1.29 is 19.4 Å². The van der Waals surface area contributed by atoms with Crippen molar-refractivity contribution in [3.63, 3.8) is 0 Å². The van der Waals surface area contributed by atoms with Gasteiger partial charge in [0.1, 0.15) is 12.4 Å². The Morgan fingerprint density at radius 2 is 1.73 bits per heavy atom. The Balaban J connectivity index is 1.34. The second kappa shape index (κ2) is 10.4. The van der Waals surface area contributed by atoms with Crippen LogP contribution in [0.15, 0.2) is 60.4 Å². The number of aromatic nitrogens is 1. The van der Waals surface area contributed by atoms with Crippen LogP contribution >= 0.6 is 34.8 Å². The van der Waals surface area contributed by atoms with Crippen molar-refractivity contribution in [3.8, 4) is 5.75 Å². The molecule has 3 aromatic rings. The quantitative estimate of drug-likeness (QED) is 0.283. The van der Waals surface area contributed by atoms with Gasteiger partial charge in [-0.15, -0.1) is 0 Å². The smallest absolute Gasteiger partial charge is 0.337 e. The number of carboxylic acid groups (broad SMARTS) is 1. The fourth-order valence-electron chi connectivity index (χ4n) is 4.52. The number of ether oxygens (including phenoxy) is 1. The Morgan fingerprint density at radius 1 is 1.00 bits per heavy atom. The normalized spacial score (nSPS) is 19.2. The molecule has 37 heavy (non-hydrogen) atoms. The van der Waals surface area contributed by atoms with Gasteiger partial charge in [0.25, 0.3) is 0 Å². The van der Waals surface area contributed by atoms with Crippen molar-refractivity contribution in [2.45, 2.75) is 31.1 Å². The lowest BCUT2D eigenvalue weighted by Crippen LogP contribution is -2.18. The fourth-order valence-corrected chi connectivity index (χ4v) is 5.43. The van der Waals surface area contributed by atoms with E-state index in [-0.39, 0.29) is 41.4 Å². The molecule has 2 atom stereocenters. The van der Waals surface area contributed by atoms with Crippen LogP contribution in [0.1, 0.15) is 58.1 Å². The monoisotopic (exact) mass is 556 g/mol. The van der Waals surface area contributed by atoms with Gasteiger partial charge in [-0.2, -0.15) is 0 Å². The summed E-state index contributed by atoms with van der Waals surface area (Å²) in [7, 11) is 0. The van der Waals surface area contributed by atoms with Gasteiger partial charge in [0.2, 0.25) is 0 Å². The molecule has 0 amide bonds. The van der Waals surface area contributed by atoms with Crippen molar-refractivity contribution in [2.24, 2.45) is 11.7 Å². The zero-order valence-corrected chi connectivity index (χ0v) is 21.9. The third-order valence-electron chi connectivity index (χ3n) is 6.78. The van der Waals surface area contributed by atoms with E-state index in [0.29, 0.717) is 32.0 Å². The number of nitrogens with zero attached hydrogens (tertiary/aromatic N) is 1. The Kier molecular flexibility index (Phi) is 7.17. The van der Waals surface area contributed by atoms with E-state index in [2.05, 4.69) is 4.98 Å². The highest BCUT2D eigenvalue weighted by atomic mass is 35.5. The Morgan fingerprint density at radius 3 is 2.38 bits per heavy atom. The molecule has 0 bridgehead atoms. The molecule has 2 unspecified atom stereocenters. The van der Waals surface area contributed by atoms with Crippen molar-refractivity contribution in [2.75, 3.05) is 6.61 Å². The Labute approximate surface area is 229 Å². The number of carboxylic acids is 1. The van der Waals surface area contributed by atoms with E-state index >= 15 is 0 Å². The second-order valence-corrected chi connectivity index (χ2v) is 10.6. The predicted octanol–water partition coefficient (Wildman–Crippen LogP) is 6.74. The molecule has 1 aromatic heterocycles. The molecule has 2 aliphatic carbocycles. The predicted molar refractivity (Wildman–Crippen MR) is 144 cm³/mol. The Hall–Kier alpha value is -3.06. The van der Waals surface area contributed by atoms with Gasteiger partial charge in [-0.25, -0.2) is 4.79 Å². The van der Waals surface area contributed by atoms with Crippen molar-refractivity contribution >= 4 is 52.3 Å². The lowest BCUT2D eigenvalue weighted by molar-refractivity contribution is -0.116. The van der Waals surface area contributed by atoms with Gasteiger partial charge in [0.05, 0.1) is 26.9 Å². The number of hydrogen-bond acceptors (Lipinski definition) is 5. The van der Waals surface area contributed by atoms with Crippen molar-refractivity contribution in [1.29, 1.82) is 0 Å². The molecular weight excluding hydrogens is 535 g/mol. The first-order valence-corrected chi connectivity index (χ1v) is 13.0. The van der Waals surface area contributed by atoms with Crippen LogP contribution in [-0.4, -0.2) is 28.4 Å². The molecule has 1 heterocycles. The first-order valence-electron chi connectivity index (χ1n) is 11.8. The van der Waals surface area contributed by atoms with Gasteiger partial charge in [-0.05, 0) is 72.6 Å². The lowest BCUT2D eigenvalue weighted by Gasteiger charge is -2.15. The molecule has 2 saturated carbocycles. The van der Waals surface area contributed by atoms with E-state index < -0.39 is 5.97 Å². The summed E-state index contributed by atoms with van der Waals surface area (Å²) in [6.45, 7) is -0.0436. The minimum absolute atomic E-state index is 0.0436. The number of hydrogen-bond donors (Lipinski definition) is 2. The molecule has 2 aliphatic rings. The molecule has 3 N–H and O–H groups in total. The highest BCUT2D eigenvalue weighted by Gasteiger charge is 2.41. The number of halogens is 3. The van der Waals surface area contributed by atoms with Crippen LogP contribution in [0.4, 0.5) is 0 Å². The van der Waals surface area contributed by atoms with Gasteiger partial charge >= 0.3 is 5.97 Å². The molecule has 190 valence electrons. The summed E-state index contributed by atoms with van der Waals surface area (Å²) in [5, 5.41) is 10.5. The fraction of sp³-hybridized carbons (Fsp3) is 0.250. The average Bonchev–Trinajstić information content (AvgIpc) is 3.78. The minimum atomic E-state index is -1.00. The summed E-state index contributed by atoms with van der Waals surface area (Å²) < 4.78 is 5.97. The second-order valence-electron chi connectivity index (χ2n) is 9.36. The number of aromatic carboxylic acids is 1. The zero-order valence-electron chi connectivity index (χ0n) is 19.6. The average molecular weight is 558 g/mol. The summed E-state index contributed by atoms with van der Waals surface area (Å²) in [6, 6.07) is 12.1. The van der Waals surface area contributed by atoms with Gasteiger partial charge < -0.3 is 15.6 Å². The number of Topliss-reactive ketones (excluding diaryl/α,β-unsaturated/α-hetero) is 1. The van der Waals surface area contributed by atoms with Gasteiger partial charge in [-0.3, -0.25) is 9.78 Å². The Bertz CT molecular complexity index is 1410. The van der Waals surface area contributed by atoms with Crippen LogP contribution in [0.5, 0.6) is 5.75 Å². The largest absolute Gasteiger partial charge is 0.489 e. The number of rotatable bonds is 9. The molecule has 0 spiro atoms. The van der Waals surface area contributed by atoms with E-state index in [4.69, 9.17) is 45.3 Å². The zero-order chi connectivity index (χ0) is 26.3. The lowest BCUT2D eigenvalue weighted by atomic mass is 10.0. The van der Waals surface area contributed by atoms with Crippen LogP contribution in [0.2, 0.25) is 15.1 Å². The van der Waals surface area contributed by atoms with E-state index in [9.17, 15) is 14.7 Å². The van der Waals surface area contributed by atoms with E-state index in [1.165, 1.54) is 6.20 Å². The van der Waals surface area contributed by atoms with E-state index in [1.54, 1.807) is 42.6 Å². The standard InChI is InChI=1S/C28H23Cl3N2O4/c29-22-2-1-3-23(30)25(22)26(32)21(27(34)14-4-5-14)13-37-17-6-7-18(24(31)9-17)20-10-19(20)15-8-16(28(35)36)12-33-11-15/h1-3,6-9,11-12,14,19-20H,4-5,10,13,32H2,(H,35,36). The highest BCUT2D eigenvalue weighted by molar-refractivity contribution is 6.37. The SMILES string of the molecule is NC(=C(COc1ccc(C2CC2c2cncc(C(=O)O)c2)c(Cl)c1)C(=O)C1CC1)c1c(Cl)cccc1Cl. The maximum atomic E-state index is 13.0. The summed E-state index contributed by atoms with van der Waals surface area (Å²) in [6.07, 6.45) is 5.52. The first-order chi connectivity index (χ1) is 17.7.